The Balaban J connectivity index is 1.73. The lowest BCUT2D eigenvalue weighted by atomic mass is 10.2. The topological polar surface area (TPSA) is 81.4 Å². The van der Waals surface area contributed by atoms with Gasteiger partial charge < -0.3 is 10.1 Å². The molecule has 3 aromatic heterocycles. The molecule has 0 saturated heterocycles. The maximum Gasteiger partial charge on any atom is 0.274 e. The number of aromatic nitrogens is 4. The summed E-state index contributed by atoms with van der Waals surface area (Å²) >= 11 is 0. The number of aryl methyl sites for hydroxylation is 1. The fourth-order valence-corrected chi connectivity index (χ4v) is 3.09. The molecule has 0 aliphatic heterocycles. The second-order valence-electron chi connectivity index (χ2n) is 6.78. The number of imidazole rings is 1. The molecule has 0 aromatic carbocycles. The Morgan fingerprint density at radius 3 is 2.88 bits per heavy atom. The third-order valence-electron chi connectivity index (χ3n) is 4.84. The normalized spacial score (nSPS) is 15.0. The van der Waals surface area contributed by atoms with E-state index in [1.54, 1.807) is 25.8 Å². The molecular formula is C19H21N5O2. The van der Waals surface area contributed by atoms with Gasteiger partial charge >= 0.3 is 0 Å². The number of carbonyl (C=O) groups is 1. The van der Waals surface area contributed by atoms with Crippen LogP contribution in [-0.4, -0.2) is 38.4 Å². The second kappa shape index (κ2) is 6.40. The molecule has 4 rings (SSSR count). The molecule has 0 bridgehead atoms. The maximum atomic E-state index is 12.7. The number of nitrogens with zero attached hydrogens (tertiary/aromatic N) is 4. The summed E-state index contributed by atoms with van der Waals surface area (Å²) in [6, 6.07) is 3.97. The third-order valence-corrected chi connectivity index (χ3v) is 4.84. The van der Waals surface area contributed by atoms with Crippen LogP contribution in [0.4, 0.5) is 0 Å². The van der Waals surface area contributed by atoms with E-state index in [2.05, 4.69) is 20.3 Å². The fraction of sp³-hybridized carbons (Fsp3) is 0.368. The SMILES string of the molecule is COc1cncc(-c2cc(C)n3cnc(C(=O)N[C@@H](C)C4CC4)c3n2)c1. The predicted molar refractivity (Wildman–Crippen MR) is 97.2 cm³/mol. The van der Waals surface area contributed by atoms with E-state index in [4.69, 9.17) is 4.74 Å². The molecule has 26 heavy (non-hydrogen) atoms. The molecule has 0 unspecified atom stereocenters. The van der Waals surface area contributed by atoms with Crippen molar-refractivity contribution in [2.45, 2.75) is 32.7 Å². The van der Waals surface area contributed by atoms with Gasteiger partial charge in [0.15, 0.2) is 11.3 Å². The monoisotopic (exact) mass is 351 g/mol. The fourth-order valence-electron chi connectivity index (χ4n) is 3.09. The van der Waals surface area contributed by atoms with Gasteiger partial charge in [-0.2, -0.15) is 0 Å². The van der Waals surface area contributed by atoms with Crippen molar-refractivity contribution in [2.24, 2.45) is 5.92 Å². The lowest BCUT2D eigenvalue weighted by Crippen LogP contribution is -2.34. The van der Waals surface area contributed by atoms with Gasteiger partial charge in [-0.1, -0.05) is 0 Å². The van der Waals surface area contributed by atoms with Crippen molar-refractivity contribution in [3.8, 4) is 17.0 Å². The highest BCUT2D eigenvalue weighted by Gasteiger charge is 2.30. The van der Waals surface area contributed by atoms with Crippen LogP contribution >= 0.6 is 0 Å². The minimum Gasteiger partial charge on any atom is -0.495 e. The van der Waals surface area contributed by atoms with Gasteiger partial charge in [-0.3, -0.25) is 14.2 Å². The van der Waals surface area contributed by atoms with Gasteiger partial charge in [0.05, 0.1) is 19.0 Å². The summed E-state index contributed by atoms with van der Waals surface area (Å²) in [6.45, 7) is 4.00. The molecule has 3 aromatic rings. The number of rotatable bonds is 5. The van der Waals surface area contributed by atoms with Crippen molar-refractivity contribution in [1.29, 1.82) is 0 Å². The van der Waals surface area contributed by atoms with Crippen LogP contribution in [0, 0.1) is 12.8 Å². The number of carbonyl (C=O) groups excluding carboxylic acids is 1. The molecule has 7 heteroatoms. The first kappa shape index (κ1) is 16.5. The molecule has 1 aliphatic carbocycles. The highest BCUT2D eigenvalue weighted by molar-refractivity contribution is 5.98. The first-order valence-corrected chi connectivity index (χ1v) is 8.72. The van der Waals surface area contributed by atoms with E-state index >= 15 is 0 Å². The Morgan fingerprint density at radius 1 is 1.35 bits per heavy atom. The number of methoxy groups -OCH3 is 1. The van der Waals surface area contributed by atoms with Gasteiger partial charge in [-0.25, -0.2) is 9.97 Å². The number of fused-ring (bicyclic) bond motifs is 1. The minimum absolute atomic E-state index is 0.158. The zero-order valence-electron chi connectivity index (χ0n) is 15.1. The van der Waals surface area contributed by atoms with Gasteiger partial charge in [0.2, 0.25) is 0 Å². The van der Waals surface area contributed by atoms with E-state index in [9.17, 15) is 4.79 Å². The summed E-state index contributed by atoms with van der Waals surface area (Å²) in [5.74, 6) is 1.06. The number of pyridine rings is 1. The number of nitrogens with one attached hydrogen (secondary N) is 1. The van der Waals surface area contributed by atoms with Crippen molar-refractivity contribution < 1.29 is 9.53 Å². The van der Waals surface area contributed by atoms with Crippen molar-refractivity contribution in [1.82, 2.24) is 24.7 Å². The molecule has 1 N–H and O–H groups in total. The quantitative estimate of drug-likeness (QED) is 0.764. The van der Waals surface area contributed by atoms with Crippen LogP contribution in [0.1, 0.15) is 35.9 Å². The molecule has 0 radical (unpaired) electrons. The molecule has 134 valence electrons. The number of ether oxygens (including phenoxy) is 1. The standard InChI is InChI=1S/C19H21N5O2/c1-11-6-16(14-7-15(26-3)9-20-8-14)23-18-17(21-10-24(11)18)19(25)22-12(2)13-4-5-13/h6-10,12-13H,4-5H2,1-3H3,(H,22,25)/t12-/m0/s1. The van der Waals surface area contributed by atoms with Gasteiger partial charge in [0.25, 0.3) is 5.91 Å². The van der Waals surface area contributed by atoms with E-state index in [-0.39, 0.29) is 11.9 Å². The van der Waals surface area contributed by atoms with Crippen molar-refractivity contribution in [2.75, 3.05) is 7.11 Å². The summed E-state index contributed by atoms with van der Waals surface area (Å²) in [5.41, 5.74) is 3.39. The summed E-state index contributed by atoms with van der Waals surface area (Å²) in [7, 11) is 1.60. The van der Waals surface area contributed by atoms with Crippen LogP contribution in [0.5, 0.6) is 5.75 Å². The molecule has 1 aliphatic rings. The number of hydrogen-bond acceptors (Lipinski definition) is 5. The van der Waals surface area contributed by atoms with Crippen LogP contribution in [0.25, 0.3) is 16.9 Å². The van der Waals surface area contributed by atoms with E-state index in [1.165, 1.54) is 12.8 Å². The lowest BCUT2D eigenvalue weighted by molar-refractivity contribution is 0.0933. The van der Waals surface area contributed by atoms with E-state index < -0.39 is 0 Å². The van der Waals surface area contributed by atoms with Crippen LogP contribution < -0.4 is 10.1 Å². The van der Waals surface area contributed by atoms with E-state index in [0.717, 1.165) is 17.0 Å². The number of hydrogen-bond donors (Lipinski definition) is 1. The average molecular weight is 351 g/mol. The summed E-state index contributed by atoms with van der Waals surface area (Å²) in [5, 5.41) is 3.05. The van der Waals surface area contributed by atoms with Crippen LogP contribution in [0.3, 0.4) is 0 Å². The smallest absolute Gasteiger partial charge is 0.274 e. The van der Waals surface area contributed by atoms with Crippen molar-refractivity contribution >= 4 is 11.6 Å². The summed E-state index contributed by atoms with van der Waals surface area (Å²) < 4.78 is 7.07. The van der Waals surface area contributed by atoms with Crippen molar-refractivity contribution in [3.63, 3.8) is 0 Å². The van der Waals surface area contributed by atoms with Crippen LogP contribution in [0.2, 0.25) is 0 Å². The molecule has 1 atom stereocenters. The van der Waals surface area contributed by atoms with E-state index in [1.807, 2.05) is 30.4 Å². The average Bonchev–Trinajstić information content (AvgIpc) is 3.41. The summed E-state index contributed by atoms with van der Waals surface area (Å²) in [6.07, 6.45) is 7.37. The van der Waals surface area contributed by atoms with Gasteiger partial charge in [0, 0.05) is 23.5 Å². The zero-order valence-corrected chi connectivity index (χ0v) is 15.1. The van der Waals surface area contributed by atoms with Gasteiger partial charge in [-0.15, -0.1) is 0 Å². The van der Waals surface area contributed by atoms with E-state index in [0.29, 0.717) is 23.0 Å². The first-order valence-electron chi connectivity index (χ1n) is 8.72. The highest BCUT2D eigenvalue weighted by atomic mass is 16.5. The van der Waals surface area contributed by atoms with Crippen LogP contribution in [0.15, 0.2) is 30.9 Å². The number of amides is 1. The van der Waals surface area contributed by atoms with Gasteiger partial charge in [0.1, 0.15) is 12.1 Å². The molecule has 0 spiro atoms. The molecule has 7 nitrogen and oxygen atoms in total. The molecule has 1 amide bonds. The Morgan fingerprint density at radius 2 is 2.15 bits per heavy atom. The minimum atomic E-state index is -0.181. The Kier molecular flexibility index (Phi) is 4.06. The second-order valence-corrected chi connectivity index (χ2v) is 6.78. The van der Waals surface area contributed by atoms with Gasteiger partial charge in [-0.05, 0) is 44.7 Å². The first-order chi connectivity index (χ1) is 12.6. The molecule has 1 saturated carbocycles. The van der Waals surface area contributed by atoms with Crippen LogP contribution in [-0.2, 0) is 0 Å². The lowest BCUT2D eigenvalue weighted by Gasteiger charge is -2.12. The molecule has 1 fully saturated rings. The largest absolute Gasteiger partial charge is 0.495 e. The Labute approximate surface area is 151 Å². The Hall–Kier alpha value is -2.96. The summed E-state index contributed by atoms with van der Waals surface area (Å²) in [4.78, 5) is 25.8. The zero-order chi connectivity index (χ0) is 18.3. The van der Waals surface area contributed by atoms with Crippen molar-refractivity contribution in [3.05, 3.63) is 42.2 Å². The maximum absolute atomic E-state index is 12.7. The molecular weight excluding hydrogens is 330 g/mol. The highest BCUT2D eigenvalue weighted by Crippen LogP contribution is 2.32. The molecule has 3 heterocycles. The third kappa shape index (κ3) is 3.00. The predicted octanol–water partition coefficient (Wildman–Crippen LogP) is 2.64. The Bertz CT molecular complexity index is 977.